The Bertz CT molecular complexity index is 379. The maximum atomic E-state index is 12.9. The summed E-state index contributed by atoms with van der Waals surface area (Å²) in [5.41, 5.74) is 1.26. The third-order valence-corrected chi connectivity index (χ3v) is 2.22. The van der Waals surface area contributed by atoms with E-state index < -0.39 is 12.8 Å². The Labute approximate surface area is 103 Å². The highest BCUT2D eigenvalue weighted by Gasteiger charge is 2.27. The normalized spacial score (nSPS) is 11.6. The van der Waals surface area contributed by atoms with Gasteiger partial charge in [-0.25, -0.2) is 4.39 Å². The van der Waals surface area contributed by atoms with Crippen LogP contribution in [-0.4, -0.2) is 25.9 Å². The zero-order valence-corrected chi connectivity index (χ0v) is 9.98. The van der Waals surface area contributed by atoms with Crippen LogP contribution in [0, 0.1) is 12.7 Å². The molecule has 0 radical (unpaired) electrons. The molecule has 0 atom stereocenters. The molecule has 0 saturated carbocycles. The van der Waals surface area contributed by atoms with Crippen LogP contribution >= 0.6 is 0 Å². The zero-order chi connectivity index (χ0) is 13.6. The first-order valence-electron chi connectivity index (χ1n) is 5.53. The van der Waals surface area contributed by atoms with Crippen LogP contribution < -0.4 is 5.32 Å². The summed E-state index contributed by atoms with van der Waals surface area (Å²) >= 11 is 0. The number of nitrogens with one attached hydrogen (secondary N) is 1. The molecule has 0 bridgehead atoms. The van der Waals surface area contributed by atoms with Gasteiger partial charge in [0.15, 0.2) is 0 Å². The molecule has 102 valence electrons. The minimum absolute atomic E-state index is 0.0344. The molecule has 0 fully saturated rings. The molecule has 2 nitrogen and oxygen atoms in total. The van der Waals surface area contributed by atoms with E-state index in [9.17, 15) is 17.6 Å². The van der Waals surface area contributed by atoms with E-state index >= 15 is 0 Å². The van der Waals surface area contributed by atoms with Gasteiger partial charge in [-0.15, -0.1) is 0 Å². The van der Waals surface area contributed by atoms with Crippen LogP contribution in [0.2, 0.25) is 0 Å². The molecule has 0 heterocycles. The Hall–Kier alpha value is -1.30. The molecule has 0 saturated heterocycles. The fourth-order valence-corrected chi connectivity index (χ4v) is 1.35. The van der Waals surface area contributed by atoms with Crippen LogP contribution in [0.5, 0.6) is 0 Å². The van der Waals surface area contributed by atoms with Gasteiger partial charge in [-0.2, -0.15) is 13.2 Å². The van der Waals surface area contributed by atoms with Crippen LogP contribution in [0.3, 0.4) is 0 Å². The van der Waals surface area contributed by atoms with E-state index in [1.165, 1.54) is 6.07 Å². The summed E-state index contributed by atoms with van der Waals surface area (Å²) in [6.07, 6.45) is -3.83. The van der Waals surface area contributed by atoms with Gasteiger partial charge in [0, 0.05) is 18.8 Å². The van der Waals surface area contributed by atoms with Gasteiger partial charge in [-0.1, -0.05) is 0 Å². The van der Waals surface area contributed by atoms with Crippen molar-refractivity contribution in [2.75, 3.05) is 25.1 Å². The number of hydrogen-bond acceptors (Lipinski definition) is 2. The molecule has 0 aromatic heterocycles. The van der Waals surface area contributed by atoms with E-state index in [1.807, 2.05) is 0 Å². The van der Waals surface area contributed by atoms with Gasteiger partial charge in [0.25, 0.3) is 0 Å². The monoisotopic (exact) mass is 265 g/mol. The van der Waals surface area contributed by atoms with Crippen LogP contribution in [0.15, 0.2) is 18.2 Å². The maximum absolute atomic E-state index is 12.9. The molecule has 1 aromatic rings. The van der Waals surface area contributed by atoms with Crippen LogP contribution in [0.1, 0.15) is 12.0 Å². The number of halogens is 4. The largest absolute Gasteiger partial charge is 0.411 e. The van der Waals surface area contributed by atoms with Crippen molar-refractivity contribution in [2.24, 2.45) is 0 Å². The van der Waals surface area contributed by atoms with Gasteiger partial charge in [0.05, 0.1) is 0 Å². The molecular formula is C12H15F4NO. The average molecular weight is 265 g/mol. The van der Waals surface area contributed by atoms with Gasteiger partial charge < -0.3 is 10.1 Å². The van der Waals surface area contributed by atoms with Gasteiger partial charge >= 0.3 is 6.18 Å². The van der Waals surface area contributed by atoms with Crippen molar-refractivity contribution in [1.82, 2.24) is 0 Å². The van der Waals surface area contributed by atoms with Gasteiger partial charge in [0.1, 0.15) is 12.4 Å². The van der Waals surface area contributed by atoms with Crippen molar-refractivity contribution in [3.8, 4) is 0 Å². The second-order valence-corrected chi connectivity index (χ2v) is 3.91. The standard InChI is InChI=1S/C12H15F4NO/c1-9-7-10(3-4-11(9)13)17-5-2-6-18-8-12(14,15)16/h3-4,7,17H,2,5-6,8H2,1H3. The van der Waals surface area contributed by atoms with E-state index in [1.54, 1.807) is 19.1 Å². The fraction of sp³-hybridized carbons (Fsp3) is 0.500. The van der Waals surface area contributed by atoms with E-state index in [-0.39, 0.29) is 12.4 Å². The Kier molecular flexibility index (Phi) is 5.40. The molecule has 0 unspecified atom stereocenters. The number of alkyl halides is 3. The van der Waals surface area contributed by atoms with Crippen molar-refractivity contribution in [3.63, 3.8) is 0 Å². The summed E-state index contributed by atoms with van der Waals surface area (Å²) < 4.78 is 52.6. The molecule has 1 aromatic carbocycles. The lowest BCUT2D eigenvalue weighted by atomic mass is 10.2. The zero-order valence-electron chi connectivity index (χ0n) is 9.98. The number of hydrogen-bond donors (Lipinski definition) is 1. The molecule has 0 aliphatic carbocycles. The quantitative estimate of drug-likeness (QED) is 0.627. The molecule has 1 rings (SSSR count). The smallest absolute Gasteiger partial charge is 0.385 e. The Morgan fingerprint density at radius 3 is 2.61 bits per heavy atom. The lowest BCUT2D eigenvalue weighted by Gasteiger charge is -2.09. The first-order valence-corrected chi connectivity index (χ1v) is 5.53. The number of ether oxygens (including phenoxy) is 1. The van der Waals surface area contributed by atoms with Crippen molar-refractivity contribution in [3.05, 3.63) is 29.6 Å². The van der Waals surface area contributed by atoms with Gasteiger partial charge in [-0.05, 0) is 37.1 Å². The van der Waals surface area contributed by atoms with E-state index in [2.05, 4.69) is 10.1 Å². The minimum atomic E-state index is -4.28. The molecular weight excluding hydrogens is 250 g/mol. The molecule has 0 aliphatic rings. The van der Waals surface area contributed by atoms with Crippen LogP contribution in [0.25, 0.3) is 0 Å². The van der Waals surface area contributed by atoms with E-state index in [0.29, 0.717) is 18.5 Å². The Balaban J connectivity index is 2.16. The fourth-order valence-electron chi connectivity index (χ4n) is 1.35. The molecule has 0 amide bonds. The predicted octanol–water partition coefficient (Wildman–Crippen LogP) is 3.52. The molecule has 0 spiro atoms. The Morgan fingerprint density at radius 2 is 2.00 bits per heavy atom. The van der Waals surface area contributed by atoms with Gasteiger partial charge in [0.2, 0.25) is 0 Å². The minimum Gasteiger partial charge on any atom is -0.385 e. The molecule has 6 heteroatoms. The highest BCUT2D eigenvalue weighted by Crippen LogP contribution is 2.15. The highest BCUT2D eigenvalue weighted by atomic mass is 19.4. The molecule has 1 N–H and O–H groups in total. The summed E-state index contributed by atoms with van der Waals surface area (Å²) in [6.45, 7) is 0.936. The number of benzene rings is 1. The van der Waals surface area contributed by atoms with E-state index in [4.69, 9.17) is 0 Å². The first kappa shape index (κ1) is 14.8. The number of anilines is 1. The van der Waals surface area contributed by atoms with Crippen LogP contribution in [0.4, 0.5) is 23.2 Å². The Morgan fingerprint density at radius 1 is 1.28 bits per heavy atom. The lowest BCUT2D eigenvalue weighted by Crippen LogP contribution is -2.18. The highest BCUT2D eigenvalue weighted by molar-refractivity contribution is 5.45. The summed E-state index contributed by atoms with van der Waals surface area (Å²) in [6, 6.07) is 4.57. The predicted molar refractivity (Wildman–Crippen MR) is 61.1 cm³/mol. The SMILES string of the molecule is Cc1cc(NCCCOCC(F)(F)F)ccc1F. The topological polar surface area (TPSA) is 21.3 Å². The second kappa shape index (κ2) is 6.58. The van der Waals surface area contributed by atoms with Crippen molar-refractivity contribution < 1.29 is 22.3 Å². The number of rotatable bonds is 6. The molecule has 0 aliphatic heterocycles. The van der Waals surface area contributed by atoms with Crippen LogP contribution in [-0.2, 0) is 4.74 Å². The summed E-state index contributed by atoms with van der Waals surface area (Å²) in [4.78, 5) is 0. The van der Waals surface area contributed by atoms with Gasteiger partial charge in [-0.3, -0.25) is 0 Å². The van der Waals surface area contributed by atoms with Crippen molar-refractivity contribution >= 4 is 5.69 Å². The second-order valence-electron chi connectivity index (χ2n) is 3.91. The lowest BCUT2D eigenvalue weighted by molar-refractivity contribution is -0.173. The van der Waals surface area contributed by atoms with Crippen molar-refractivity contribution in [2.45, 2.75) is 19.5 Å². The summed E-state index contributed by atoms with van der Waals surface area (Å²) in [5, 5.41) is 2.98. The third kappa shape index (κ3) is 5.86. The summed E-state index contributed by atoms with van der Waals surface area (Å²) in [7, 11) is 0. The van der Waals surface area contributed by atoms with Crippen molar-refractivity contribution in [1.29, 1.82) is 0 Å². The summed E-state index contributed by atoms with van der Waals surface area (Å²) in [5.74, 6) is -0.283. The maximum Gasteiger partial charge on any atom is 0.411 e. The first-order chi connectivity index (χ1) is 8.38. The third-order valence-electron chi connectivity index (χ3n) is 2.22. The van der Waals surface area contributed by atoms with E-state index in [0.717, 1.165) is 5.69 Å². The average Bonchev–Trinajstić information content (AvgIpc) is 2.26. The number of aryl methyl sites for hydroxylation is 1. The molecule has 18 heavy (non-hydrogen) atoms.